The Morgan fingerprint density at radius 1 is 1.38 bits per heavy atom. The summed E-state index contributed by atoms with van der Waals surface area (Å²) >= 11 is 2.20. The third-order valence-electron chi connectivity index (χ3n) is 2.12. The Bertz CT molecular complexity index is 449. The molecule has 0 bridgehead atoms. The van der Waals surface area contributed by atoms with Crippen LogP contribution in [0.5, 0.6) is 0 Å². The Labute approximate surface area is 109 Å². The molecule has 86 valence electrons. The van der Waals surface area contributed by atoms with Crippen molar-refractivity contribution in [2.75, 3.05) is 13.2 Å². The van der Waals surface area contributed by atoms with Gasteiger partial charge in [0.15, 0.2) is 0 Å². The van der Waals surface area contributed by atoms with Crippen LogP contribution in [0.3, 0.4) is 0 Å². The van der Waals surface area contributed by atoms with Gasteiger partial charge in [-0.1, -0.05) is 0 Å². The molecule has 0 saturated carbocycles. The van der Waals surface area contributed by atoms with E-state index >= 15 is 0 Å². The van der Waals surface area contributed by atoms with Gasteiger partial charge in [-0.2, -0.15) is 0 Å². The molecule has 0 spiro atoms. The number of hydrogen-bond donors (Lipinski definition) is 0. The average Bonchev–Trinajstić information content (AvgIpc) is 2.76. The van der Waals surface area contributed by atoms with Crippen LogP contribution in [0.4, 0.5) is 0 Å². The number of hydrogen-bond acceptors (Lipinski definition) is 3. The highest BCUT2D eigenvalue weighted by molar-refractivity contribution is 14.2. The molecule has 0 aliphatic heterocycles. The lowest BCUT2D eigenvalue weighted by atomic mass is 10.3. The van der Waals surface area contributed by atoms with Gasteiger partial charge in [-0.3, -0.25) is 0 Å². The third kappa shape index (κ3) is 3.38. The maximum absolute atomic E-state index is 5.49. The Hall–Kier alpha value is -0.230. The fourth-order valence-corrected chi connectivity index (χ4v) is 2.19. The van der Waals surface area contributed by atoms with Crippen molar-refractivity contribution in [3.05, 3.63) is 36.3 Å². The molecule has 2 rings (SSSR count). The van der Waals surface area contributed by atoms with Gasteiger partial charge in [-0.05, 0) is 39.7 Å². The van der Waals surface area contributed by atoms with Crippen LogP contribution in [0.15, 0.2) is 30.7 Å². The Morgan fingerprint density at radius 2 is 2.31 bits per heavy atom. The molecule has 0 amide bonds. The highest BCUT2D eigenvalue weighted by atomic mass is 127. The largest absolute Gasteiger partial charge is 0.374 e. The van der Waals surface area contributed by atoms with E-state index < -0.39 is 0 Å². The summed E-state index contributed by atoms with van der Waals surface area (Å²) in [5, 5.41) is 0. The van der Waals surface area contributed by atoms with Crippen molar-refractivity contribution in [2.45, 2.75) is 6.61 Å². The molecule has 0 aliphatic carbocycles. The van der Waals surface area contributed by atoms with Crippen LogP contribution in [0.2, 0.25) is 0 Å². The molecule has 4 nitrogen and oxygen atoms in total. The number of pyridine rings is 1. The summed E-state index contributed by atoms with van der Waals surface area (Å²) in [6.45, 7) is 2.41. The first kappa shape index (κ1) is 12.2. The summed E-state index contributed by atoms with van der Waals surface area (Å²) in [6, 6.07) is 4.07. The second kappa shape index (κ2) is 6.49. The summed E-state index contributed by atoms with van der Waals surface area (Å²) in [5.74, 6) is 0. The number of nitrogens with zero attached hydrogens (tertiary/aromatic N) is 2. The van der Waals surface area contributed by atoms with Gasteiger partial charge in [-0.15, -0.1) is 0 Å². The van der Waals surface area contributed by atoms with Crippen LogP contribution in [0.1, 0.15) is 5.56 Å². The SMILES string of the molecule is IPOCCOCc1ccn2ccnc2c1. The molecule has 2 heterocycles. The normalized spacial score (nSPS) is 11.8. The van der Waals surface area contributed by atoms with Crippen molar-refractivity contribution in [2.24, 2.45) is 0 Å². The van der Waals surface area contributed by atoms with E-state index in [1.807, 2.05) is 28.9 Å². The van der Waals surface area contributed by atoms with E-state index in [0.29, 0.717) is 26.3 Å². The molecule has 1 atom stereocenters. The smallest absolute Gasteiger partial charge is 0.136 e. The minimum atomic E-state index is 0.503. The Balaban J connectivity index is 1.84. The molecule has 6 heteroatoms. The zero-order chi connectivity index (χ0) is 11.2. The Kier molecular flexibility index (Phi) is 4.96. The average molecular weight is 350 g/mol. The Morgan fingerprint density at radius 3 is 3.19 bits per heavy atom. The molecule has 0 aliphatic rings. The molecule has 0 aromatic carbocycles. The van der Waals surface area contributed by atoms with Crippen molar-refractivity contribution >= 4 is 34.1 Å². The molecule has 1 unspecified atom stereocenters. The second-order valence-corrected chi connectivity index (χ2v) is 4.97. The summed E-state index contributed by atoms with van der Waals surface area (Å²) in [7, 11) is 0. The lowest BCUT2D eigenvalue weighted by Gasteiger charge is -2.04. The summed E-state index contributed by atoms with van der Waals surface area (Å²) < 4.78 is 12.7. The van der Waals surface area contributed by atoms with E-state index in [9.17, 15) is 0 Å². The molecule has 2 aromatic rings. The number of aromatic nitrogens is 2. The minimum absolute atomic E-state index is 0.503. The summed E-state index contributed by atoms with van der Waals surface area (Å²) in [6.07, 6.45) is 5.70. The van der Waals surface area contributed by atoms with Gasteiger partial charge in [0.25, 0.3) is 0 Å². The van der Waals surface area contributed by atoms with E-state index in [2.05, 4.69) is 27.0 Å². The first-order chi connectivity index (χ1) is 7.90. The summed E-state index contributed by atoms with van der Waals surface area (Å²) in [5.41, 5.74) is 2.08. The van der Waals surface area contributed by atoms with E-state index in [4.69, 9.17) is 9.26 Å². The van der Waals surface area contributed by atoms with Gasteiger partial charge in [0.1, 0.15) is 5.65 Å². The number of imidazole rings is 1. The maximum Gasteiger partial charge on any atom is 0.136 e. The molecule has 0 N–H and O–H groups in total. The number of fused-ring (bicyclic) bond motifs is 1. The minimum Gasteiger partial charge on any atom is -0.374 e. The van der Waals surface area contributed by atoms with Gasteiger partial charge >= 0.3 is 0 Å². The van der Waals surface area contributed by atoms with Gasteiger partial charge in [-0.25, -0.2) is 4.98 Å². The zero-order valence-electron chi connectivity index (χ0n) is 8.60. The van der Waals surface area contributed by atoms with Gasteiger partial charge in [0.05, 0.1) is 26.3 Å². The van der Waals surface area contributed by atoms with Crippen LogP contribution in [0.25, 0.3) is 5.65 Å². The van der Waals surface area contributed by atoms with Crippen LogP contribution < -0.4 is 0 Å². The number of rotatable bonds is 6. The van der Waals surface area contributed by atoms with Crippen molar-refractivity contribution in [3.8, 4) is 0 Å². The van der Waals surface area contributed by atoms with Gasteiger partial charge in [0, 0.05) is 18.6 Å². The van der Waals surface area contributed by atoms with E-state index in [1.54, 1.807) is 6.20 Å². The lowest BCUT2D eigenvalue weighted by molar-refractivity contribution is 0.0946. The predicted molar refractivity (Wildman–Crippen MR) is 73.1 cm³/mol. The molecule has 16 heavy (non-hydrogen) atoms. The van der Waals surface area contributed by atoms with Crippen molar-refractivity contribution in [1.29, 1.82) is 0 Å². The summed E-state index contributed by atoms with van der Waals surface area (Å²) in [4.78, 5) is 4.22. The van der Waals surface area contributed by atoms with Gasteiger partial charge < -0.3 is 13.7 Å². The van der Waals surface area contributed by atoms with E-state index in [-0.39, 0.29) is 0 Å². The molecule has 0 fully saturated rings. The van der Waals surface area contributed by atoms with Crippen LogP contribution in [-0.4, -0.2) is 22.6 Å². The maximum atomic E-state index is 5.49. The molecular formula is C10H12IN2O2P. The first-order valence-corrected chi connectivity index (χ1v) is 8.89. The molecule has 0 radical (unpaired) electrons. The molecular weight excluding hydrogens is 338 g/mol. The monoisotopic (exact) mass is 350 g/mol. The molecule has 2 aromatic heterocycles. The van der Waals surface area contributed by atoms with Crippen LogP contribution in [0, 0.1) is 0 Å². The topological polar surface area (TPSA) is 35.8 Å². The van der Waals surface area contributed by atoms with Crippen molar-refractivity contribution < 1.29 is 9.26 Å². The second-order valence-electron chi connectivity index (χ2n) is 3.21. The highest BCUT2D eigenvalue weighted by Crippen LogP contribution is 2.20. The fraction of sp³-hybridized carbons (Fsp3) is 0.300. The quantitative estimate of drug-likeness (QED) is 0.457. The number of halogens is 1. The van der Waals surface area contributed by atoms with Crippen LogP contribution in [-0.2, 0) is 15.9 Å². The highest BCUT2D eigenvalue weighted by Gasteiger charge is 1.97. The van der Waals surface area contributed by atoms with Crippen LogP contribution >= 0.6 is 28.5 Å². The van der Waals surface area contributed by atoms with E-state index in [0.717, 1.165) is 11.2 Å². The van der Waals surface area contributed by atoms with Crippen molar-refractivity contribution in [3.63, 3.8) is 0 Å². The standard InChI is InChI=1S/C10H12IN2O2P/c11-16-15-6-5-14-8-9-1-3-13-4-2-12-10(13)7-9/h1-4,7,16H,5-6,8H2. The lowest BCUT2D eigenvalue weighted by Crippen LogP contribution is -2.00. The molecule has 0 saturated heterocycles. The third-order valence-corrected chi connectivity index (χ3v) is 3.36. The van der Waals surface area contributed by atoms with Crippen molar-refractivity contribution in [1.82, 2.24) is 9.38 Å². The predicted octanol–water partition coefficient (Wildman–Crippen LogP) is 2.81. The van der Waals surface area contributed by atoms with Gasteiger partial charge in [0.2, 0.25) is 0 Å². The number of ether oxygens (including phenoxy) is 1. The first-order valence-electron chi connectivity index (χ1n) is 4.87. The zero-order valence-corrected chi connectivity index (χ0v) is 11.8. The van der Waals surface area contributed by atoms with E-state index in [1.165, 1.54) is 0 Å². The fourth-order valence-electron chi connectivity index (χ4n) is 1.37.